The van der Waals surface area contributed by atoms with Crippen molar-refractivity contribution in [2.24, 2.45) is 5.92 Å². The largest absolute Gasteiger partial charge is 0.109 e. The van der Waals surface area contributed by atoms with Gasteiger partial charge in [0.15, 0.2) is 0 Å². The summed E-state index contributed by atoms with van der Waals surface area (Å²) in [5.41, 5.74) is 6.98. The van der Waals surface area contributed by atoms with Crippen LogP contribution in [0, 0.1) is 12.3 Å². The summed E-state index contributed by atoms with van der Waals surface area (Å²) in [5, 5.41) is 2.76. The first-order valence-electron chi connectivity index (χ1n) is 7.10. The average Bonchev–Trinajstić information content (AvgIpc) is 2.82. The van der Waals surface area contributed by atoms with Gasteiger partial charge in [0.25, 0.3) is 0 Å². The van der Waals surface area contributed by atoms with Crippen molar-refractivity contribution in [1.82, 2.24) is 0 Å². The van der Waals surface area contributed by atoms with Crippen molar-refractivity contribution in [3.63, 3.8) is 0 Å². The van der Waals surface area contributed by atoms with Crippen molar-refractivity contribution < 1.29 is 0 Å². The van der Waals surface area contributed by atoms with Crippen LogP contribution in [0.3, 0.4) is 0 Å². The minimum absolute atomic E-state index is 0.434. The van der Waals surface area contributed by atoms with Crippen LogP contribution in [0.25, 0.3) is 21.9 Å². The molecule has 0 heteroatoms. The minimum Gasteiger partial charge on any atom is -0.0610 e. The number of fused-ring (bicyclic) bond motifs is 4. The van der Waals surface area contributed by atoms with Crippen molar-refractivity contribution >= 4 is 21.9 Å². The quantitative estimate of drug-likeness (QED) is 0.583. The fraction of sp³-hybridized carbons (Fsp3) is 0.0500. The van der Waals surface area contributed by atoms with E-state index in [9.17, 15) is 0 Å². The van der Waals surface area contributed by atoms with Crippen LogP contribution >= 0.6 is 0 Å². The molecular weight excluding hydrogens is 240 g/mol. The molecule has 0 fully saturated rings. The molecule has 0 saturated carbocycles. The number of hydrogen-bond acceptors (Lipinski definition) is 0. The SMILES string of the molecule is C1=CC2C=C3C(=CC2=C[CH+]1)c1cccc2cccc3c12. The van der Waals surface area contributed by atoms with E-state index in [0.29, 0.717) is 5.92 Å². The van der Waals surface area contributed by atoms with Crippen molar-refractivity contribution in [2.75, 3.05) is 0 Å². The van der Waals surface area contributed by atoms with E-state index in [1.807, 2.05) is 0 Å². The highest BCUT2D eigenvalue weighted by atomic mass is 14.3. The van der Waals surface area contributed by atoms with E-state index in [2.05, 4.69) is 73.2 Å². The molecule has 0 radical (unpaired) electrons. The summed E-state index contributed by atoms with van der Waals surface area (Å²) in [6, 6.07) is 13.3. The van der Waals surface area contributed by atoms with E-state index in [-0.39, 0.29) is 0 Å². The highest BCUT2D eigenvalue weighted by Gasteiger charge is 2.31. The van der Waals surface area contributed by atoms with Crippen molar-refractivity contribution in [2.45, 2.75) is 0 Å². The van der Waals surface area contributed by atoms with Gasteiger partial charge < -0.3 is 0 Å². The number of allylic oxidation sites excluding steroid dienone is 8. The lowest BCUT2D eigenvalue weighted by atomic mass is 9.83. The molecule has 0 aliphatic heterocycles. The monoisotopic (exact) mass is 253 g/mol. The zero-order valence-corrected chi connectivity index (χ0v) is 11.0. The Balaban J connectivity index is 1.88. The summed E-state index contributed by atoms with van der Waals surface area (Å²) in [5.74, 6) is 0.434. The Morgan fingerprint density at radius 3 is 2.55 bits per heavy atom. The molecule has 2 aromatic carbocycles. The van der Waals surface area contributed by atoms with Crippen molar-refractivity contribution in [3.05, 3.63) is 89.9 Å². The lowest BCUT2D eigenvalue weighted by Crippen LogP contribution is -2.05. The maximum atomic E-state index is 2.42. The first-order valence-corrected chi connectivity index (χ1v) is 7.10. The van der Waals surface area contributed by atoms with E-state index in [0.717, 1.165) is 0 Å². The minimum atomic E-state index is 0.434. The second-order valence-corrected chi connectivity index (χ2v) is 5.62. The molecule has 1 atom stereocenters. The number of benzene rings is 2. The third kappa shape index (κ3) is 1.19. The molecule has 5 rings (SSSR count). The lowest BCUT2D eigenvalue weighted by molar-refractivity contribution is 0.985. The molecule has 0 aromatic heterocycles. The lowest BCUT2D eigenvalue weighted by Gasteiger charge is -2.16. The normalized spacial score (nSPS) is 21.6. The van der Waals surface area contributed by atoms with Crippen LogP contribution < -0.4 is 0 Å². The van der Waals surface area contributed by atoms with Crippen LogP contribution in [0.2, 0.25) is 0 Å². The Hall–Kier alpha value is -2.47. The summed E-state index contributed by atoms with van der Waals surface area (Å²) < 4.78 is 0. The molecular formula is C20H13+. The third-order valence-electron chi connectivity index (χ3n) is 4.54. The van der Waals surface area contributed by atoms with Gasteiger partial charge in [-0.2, -0.15) is 0 Å². The molecule has 0 heterocycles. The molecule has 0 saturated heterocycles. The topological polar surface area (TPSA) is 0 Å². The van der Waals surface area contributed by atoms with Crippen LogP contribution in [-0.2, 0) is 0 Å². The second-order valence-electron chi connectivity index (χ2n) is 5.62. The van der Waals surface area contributed by atoms with Crippen LogP contribution in [0.4, 0.5) is 0 Å². The predicted octanol–water partition coefficient (Wildman–Crippen LogP) is 4.95. The molecule has 92 valence electrons. The Labute approximate surface area is 118 Å². The Morgan fingerprint density at radius 2 is 1.70 bits per heavy atom. The highest BCUT2D eigenvalue weighted by Crippen LogP contribution is 2.49. The first kappa shape index (κ1) is 10.3. The Bertz CT molecular complexity index is 867. The maximum absolute atomic E-state index is 2.42. The van der Waals surface area contributed by atoms with Crippen LogP contribution in [0.5, 0.6) is 0 Å². The predicted molar refractivity (Wildman–Crippen MR) is 84.9 cm³/mol. The fourth-order valence-corrected chi connectivity index (χ4v) is 3.63. The highest BCUT2D eigenvalue weighted by molar-refractivity contribution is 6.23. The zero-order chi connectivity index (χ0) is 13.1. The molecule has 0 nitrogen and oxygen atoms in total. The van der Waals surface area contributed by atoms with E-state index in [1.165, 1.54) is 38.6 Å². The molecule has 3 aliphatic rings. The second kappa shape index (κ2) is 3.55. The summed E-state index contributed by atoms with van der Waals surface area (Å²) in [4.78, 5) is 0. The van der Waals surface area contributed by atoms with E-state index in [4.69, 9.17) is 0 Å². The molecule has 3 aliphatic carbocycles. The van der Waals surface area contributed by atoms with Gasteiger partial charge in [-0.05, 0) is 33.5 Å². The van der Waals surface area contributed by atoms with Crippen molar-refractivity contribution in [1.29, 1.82) is 0 Å². The van der Waals surface area contributed by atoms with Crippen LogP contribution in [0.1, 0.15) is 11.1 Å². The van der Waals surface area contributed by atoms with Gasteiger partial charge in [-0.1, -0.05) is 36.4 Å². The number of rotatable bonds is 0. The van der Waals surface area contributed by atoms with Gasteiger partial charge in [-0.25, -0.2) is 0 Å². The molecule has 2 aromatic rings. The Morgan fingerprint density at radius 1 is 0.900 bits per heavy atom. The fourth-order valence-electron chi connectivity index (χ4n) is 3.63. The maximum Gasteiger partial charge on any atom is 0.109 e. The van der Waals surface area contributed by atoms with Gasteiger partial charge in [0.05, 0.1) is 11.6 Å². The van der Waals surface area contributed by atoms with E-state index >= 15 is 0 Å². The number of hydrogen-bond donors (Lipinski definition) is 0. The molecule has 20 heavy (non-hydrogen) atoms. The Kier molecular flexibility index (Phi) is 1.83. The molecule has 0 amide bonds. The van der Waals surface area contributed by atoms with Crippen molar-refractivity contribution in [3.8, 4) is 0 Å². The van der Waals surface area contributed by atoms with Gasteiger partial charge in [0.2, 0.25) is 0 Å². The van der Waals surface area contributed by atoms with E-state index in [1.54, 1.807) is 0 Å². The smallest absolute Gasteiger partial charge is 0.0610 e. The van der Waals surface area contributed by atoms with Gasteiger partial charge in [-0.15, -0.1) is 0 Å². The standard InChI is InChI=1S/C20H13/c1-2-6-15-12-19-17-10-4-8-13-7-3-9-16(20(13)17)18(19)11-14(15)5-1/h1-12,14H/q+1. The van der Waals surface area contributed by atoms with Crippen LogP contribution in [-0.4, -0.2) is 0 Å². The zero-order valence-electron chi connectivity index (χ0n) is 11.0. The molecule has 1 unspecified atom stereocenters. The van der Waals surface area contributed by atoms with E-state index < -0.39 is 0 Å². The van der Waals surface area contributed by atoms with Gasteiger partial charge >= 0.3 is 0 Å². The molecule has 0 spiro atoms. The third-order valence-corrected chi connectivity index (χ3v) is 4.54. The van der Waals surface area contributed by atoms with Gasteiger partial charge in [0.1, 0.15) is 5.92 Å². The summed E-state index contributed by atoms with van der Waals surface area (Å²) in [7, 11) is 0. The van der Waals surface area contributed by atoms with Gasteiger partial charge in [0, 0.05) is 30.2 Å². The average molecular weight is 253 g/mol. The van der Waals surface area contributed by atoms with Crippen LogP contribution in [0.15, 0.2) is 72.4 Å². The molecule has 0 bridgehead atoms. The molecule has 0 N–H and O–H groups in total. The van der Waals surface area contributed by atoms with Gasteiger partial charge in [-0.3, -0.25) is 0 Å². The summed E-state index contributed by atoms with van der Waals surface area (Å²) >= 11 is 0. The summed E-state index contributed by atoms with van der Waals surface area (Å²) in [6.07, 6.45) is 13.6. The summed E-state index contributed by atoms with van der Waals surface area (Å²) in [6.45, 7) is 0. The first-order chi connectivity index (χ1) is 9.92.